The summed E-state index contributed by atoms with van der Waals surface area (Å²) in [5.74, 6) is -0.0595. The summed E-state index contributed by atoms with van der Waals surface area (Å²) in [4.78, 5) is 14.8. The van der Waals surface area contributed by atoms with Crippen LogP contribution in [-0.2, 0) is 13.0 Å². The van der Waals surface area contributed by atoms with Gasteiger partial charge in [0.2, 0.25) is 0 Å². The van der Waals surface area contributed by atoms with Crippen LogP contribution in [0, 0.1) is 0 Å². The highest BCUT2D eigenvalue weighted by molar-refractivity contribution is 6.04. The minimum atomic E-state index is -0.0595. The number of unbranched alkanes of at least 4 members (excludes halogenated alkanes) is 1. The number of benzene rings is 2. The van der Waals surface area contributed by atoms with Gasteiger partial charge in [-0.2, -0.15) is 0 Å². The molecule has 134 valence electrons. The lowest BCUT2D eigenvalue weighted by Gasteiger charge is -2.18. The first-order valence-corrected chi connectivity index (χ1v) is 9.37. The molecule has 0 aliphatic carbocycles. The second-order valence-corrected chi connectivity index (χ2v) is 6.41. The molecule has 3 heteroatoms. The Labute approximate surface area is 152 Å². The Hall–Kier alpha value is -2.13. The minimum Gasteiger partial charge on any atom is -0.322 e. The van der Waals surface area contributed by atoms with E-state index in [0.717, 1.165) is 31.7 Å². The van der Waals surface area contributed by atoms with Crippen LogP contribution in [0.1, 0.15) is 55.1 Å². The van der Waals surface area contributed by atoms with Crippen molar-refractivity contribution in [2.75, 3.05) is 18.4 Å². The average Bonchev–Trinajstić information content (AvgIpc) is 2.66. The fourth-order valence-electron chi connectivity index (χ4n) is 2.81. The molecule has 0 heterocycles. The first kappa shape index (κ1) is 19.2. The molecule has 0 aromatic heterocycles. The van der Waals surface area contributed by atoms with E-state index in [-0.39, 0.29) is 5.91 Å². The molecule has 3 nitrogen and oxygen atoms in total. The van der Waals surface area contributed by atoms with Crippen LogP contribution in [-0.4, -0.2) is 23.9 Å². The van der Waals surface area contributed by atoms with Crippen molar-refractivity contribution in [3.63, 3.8) is 0 Å². The Balaban J connectivity index is 1.94. The van der Waals surface area contributed by atoms with Crippen LogP contribution in [0.3, 0.4) is 0 Å². The van der Waals surface area contributed by atoms with E-state index < -0.39 is 0 Å². The van der Waals surface area contributed by atoms with E-state index in [1.165, 1.54) is 24.0 Å². The van der Waals surface area contributed by atoms with Gasteiger partial charge in [0.15, 0.2) is 0 Å². The van der Waals surface area contributed by atoms with Crippen molar-refractivity contribution in [1.29, 1.82) is 0 Å². The zero-order valence-corrected chi connectivity index (χ0v) is 15.7. The van der Waals surface area contributed by atoms with Crippen molar-refractivity contribution in [1.82, 2.24) is 4.90 Å². The normalized spacial score (nSPS) is 10.9. The molecule has 1 amide bonds. The Morgan fingerprint density at radius 1 is 0.880 bits per heavy atom. The lowest BCUT2D eigenvalue weighted by molar-refractivity contribution is 0.102. The Morgan fingerprint density at radius 2 is 1.48 bits per heavy atom. The molecule has 0 aliphatic heterocycles. The van der Waals surface area contributed by atoms with Crippen molar-refractivity contribution in [3.05, 3.63) is 65.2 Å². The van der Waals surface area contributed by atoms with Gasteiger partial charge in [0, 0.05) is 17.8 Å². The predicted octanol–water partition coefficient (Wildman–Crippen LogP) is 5.12. The maximum absolute atomic E-state index is 12.4. The molecule has 0 spiro atoms. The van der Waals surface area contributed by atoms with E-state index in [4.69, 9.17) is 0 Å². The van der Waals surface area contributed by atoms with Crippen molar-refractivity contribution in [2.24, 2.45) is 0 Å². The molecule has 2 rings (SSSR count). The second kappa shape index (κ2) is 10.00. The zero-order valence-electron chi connectivity index (χ0n) is 15.7. The van der Waals surface area contributed by atoms with Crippen LogP contribution >= 0.6 is 0 Å². The molecule has 0 atom stereocenters. The highest BCUT2D eigenvalue weighted by Gasteiger charge is 2.07. The molecule has 0 saturated carbocycles. The lowest BCUT2D eigenvalue weighted by atomic mass is 10.1. The Morgan fingerprint density at radius 3 is 2.04 bits per heavy atom. The van der Waals surface area contributed by atoms with Gasteiger partial charge < -0.3 is 5.32 Å². The summed E-state index contributed by atoms with van der Waals surface area (Å²) in [5, 5.41) is 2.97. The molecule has 2 aromatic carbocycles. The van der Waals surface area contributed by atoms with Gasteiger partial charge in [0.05, 0.1) is 0 Å². The fraction of sp³-hybridized carbons (Fsp3) is 0.409. The number of carbonyl (C=O) groups excluding carboxylic acids is 1. The van der Waals surface area contributed by atoms with Gasteiger partial charge in [-0.05, 0) is 61.3 Å². The number of nitrogens with zero attached hydrogens (tertiary/aromatic N) is 1. The van der Waals surface area contributed by atoms with Crippen LogP contribution < -0.4 is 5.32 Å². The van der Waals surface area contributed by atoms with Crippen LogP contribution in [0.25, 0.3) is 0 Å². The summed E-state index contributed by atoms with van der Waals surface area (Å²) in [5.41, 5.74) is 4.09. The smallest absolute Gasteiger partial charge is 0.255 e. The SMILES string of the molecule is CCCCc1ccc(NC(=O)c2ccc(CN(CC)CC)cc2)cc1. The van der Waals surface area contributed by atoms with E-state index in [1.807, 2.05) is 36.4 Å². The number of aryl methyl sites for hydroxylation is 1. The van der Waals surface area contributed by atoms with Gasteiger partial charge in [0.1, 0.15) is 0 Å². The van der Waals surface area contributed by atoms with E-state index in [1.54, 1.807) is 0 Å². The highest BCUT2D eigenvalue weighted by Crippen LogP contribution is 2.14. The van der Waals surface area contributed by atoms with Gasteiger partial charge in [-0.3, -0.25) is 9.69 Å². The van der Waals surface area contributed by atoms with Crippen molar-refractivity contribution in [2.45, 2.75) is 46.6 Å². The maximum atomic E-state index is 12.4. The summed E-state index contributed by atoms with van der Waals surface area (Å²) in [7, 11) is 0. The molecular weight excluding hydrogens is 308 g/mol. The summed E-state index contributed by atoms with van der Waals surface area (Å²) in [6.07, 6.45) is 3.49. The lowest BCUT2D eigenvalue weighted by Crippen LogP contribution is -2.22. The first-order chi connectivity index (χ1) is 12.2. The number of hydrogen-bond donors (Lipinski definition) is 1. The van der Waals surface area contributed by atoms with Crippen molar-refractivity contribution in [3.8, 4) is 0 Å². The minimum absolute atomic E-state index is 0.0595. The van der Waals surface area contributed by atoms with E-state index >= 15 is 0 Å². The van der Waals surface area contributed by atoms with Gasteiger partial charge >= 0.3 is 0 Å². The summed E-state index contributed by atoms with van der Waals surface area (Å²) >= 11 is 0. The second-order valence-electron chi connectivity index (χ2n) is 6.41. The molecule has 0 fully saturated rings. The van der Waals surface area contributed by atoms with Crippen LogP contribution in [0.15, 0.2) is 48.5 Å². The van der Waals surface area contributed by atoms with Crippen molar-refractivity contribution >= 4 is 11.6 Å². The molecular formula is C22H30N2O. The van der Waals surface area contributed by atoms with E-state index in [0.29, 0.717) is 5.56 Å². The molecule has 0 radical (unpaired) electrons. The van der Waals surface area contributed by atoms with Crippen LogP contribution in [0.2, 0.25) is 0 Å². The number of nitrogens with one attached hydrogen (secondary N) is 1. The predicted molar refractivity (Wildman–Crippen MR) is 106 cm³/mol. The monoisotopic (exact) mass is 338 g/mol. The average molecular weight is 338 g/mol. The highest BCUT2D eigenvalue weighted by atomic mass is 16.1. The van der Waals surface area contributed by atoms with Gasteiger partial charge in [-0.25, -0.2) is 0 Å². The van der Waals surface area contributed by atoms with E-state index in [9.17, 15) is 4.79 Å². The van der Waals surface area contributed by atoms with Gasteiger partial charge in [-0.15, -0.1) is 0 Å². The third-order valence-corrected chi connectivity index (χ3v) is 4.55. The summed E-state index contributed by atoms with van der Waals surface area (Å²) in [6.45, 7) is 9.52. The first-order valence-electron chi connectivity index (χ1n) is 9.37. The largest absolute Gasteiger partial charge is 0.322 e. The van der Waals surface area contributed by atoms with Gasteiger partial charge in [0.25, 0.3) is 5.91 Å². The zero-order chi connectivity index (χ0) is 18.1. The van der Waals surface area contributed by atoms with Crippen molar-refractivity contribution < 1.29 is 4.79 Å². The summed E-state index contributed by atoms with van der Waals surface area (Å²) < 4.78 is 0. The Kier molecular flexibility index (Phi) is 7.68. The van der Waals surface area contributed by atoms with Crippen LogP contribution in [0.5, 0.6) is 0 Å². The number of hydrogen-bond acceptors (Lipinski definition) is 2. The molecule has 0 bridgehead atoms. The number of anilines is 1. The fourth-order valence-corrected chi connectivity index (χ4v) is 2.81. The third kappa shape index (κ3) is 6.02. The molecule has 0 aliphatic rings. The maximum Gasteiger partial charge on any atom is 0.255 e. The van der Waals surface area contributed by atoms with Gasteiger partial charge in [-0.1, -0.05) is 51.5 Å². The summed E-state index contributed by atoms with van der Waals surface area (Å²) in [6, 6.07) is 16.1. The third-order valence-electron chi connectivity index (χ3n) is 4.55. The van der Waals surface area contributed by atoms with E-state index in [2.05, 4.69) is 43.1 Å². The number of carbonyl (C=O) groups is 1. The molecule has 1 N–H and O–H groups in total. The number of amides is 1. The number of rotatable bonds is 9. The molecule has 2 aromatic rings. The molecule has 25 heavy (non-hydrogen) atoms. The Bertz CT molecular complexity index is 643. The topological polar surface area (TPSA) is 32.3 Å². The standard InChI is InChI=1S/C22H30N2O/c1-4-7-8-18-11-15-21(16-12-18)23-22(25)20-13-9-19(10-14-20)17-24(5-2)6-3/h9-16H,4-8,17H2,1-3H3,(H,23,25). The van der Waals surface area contributed by atoms with Crippen LogP contribution in [0.4, 0.5) is 5.69 Å². The molecule has 0 saturated heterocycles. The quantitative estimate of drug-likeness (QED) is 0.688. The molecule has 0 unspecified atom stereocenters.